The van der Waals surface area contributed by atoms with E-state index in [1.807, 2.05) is 0 Å². The first-order chi connectivity index (χ1) is 14.0. The second-order valence-corrected chi connectivity index (χ2v) is 6.27. The van der Waals surface area contributed by atoms with E-state index in [2.05, 4.69) is 4.98 Å². The van der Waals surface area contributed by atoms with Crippen LogP contribution < -0.4 is 28.8 Å². The number of carbonyl (C=O) groups is 1. The summed E-state index contributed by atoms with van der Waals surface area (Å²) in [6, 6.07) is 8.13. The third kappa shape index (κ3) is 3.22. The molecule has 150 valence electrons. The number of carbonyl (C=O) groups excluding carboxylic acids is 1. The fourth-order valence-electron chi connectivity index (χ4n) is 3.31. The highest BCUT2D eigenvalue weighted by Crippen LogP contribution is 2.42. The summed E-state index contributed by atoms with van der Waals surface area (Å²) in [4.78, 5) is 16.5. The van der Waals surface area contributed by atoms with Gasteiger partial charge in [-0.2, -0.15) is 0 Å². The van der Waals surface area contributed by atoms with Crippen molar-refractivity contribution in [2.45, 2.75) is 0 Å². The zero-order chi connectivity index (χ0) is 20.5. The van der Waals surface area contributed by atoms with Gasteiger partial charge in [0, 0.05) is 22.6 Å². The summed E-state index contributed by atoms with van der Waals surface area (Å²) >= 11 is 0. The van der Waals surface area contributed by atoms with Gasteiger partial charge in [0.05, 0.1) is 38.5 Å². The van der Waals surface area contributed by atoms with Gasteiger partial charge in [-0.25, -0.2) is 4.98 Å². The van der Waals surface area contributed by atoms with Crippen molar-refractivity contribution in [3.8, 4) is 40.0 Å². The summed E-state index contributed by atoms with van der Waals surface area (Å²) in [5.74, 6) is 0.972. The summed E-state index contributed by atoms with van der Waals surface area (Å²) in [5.41, 5.74) is 1.45. The molecule has 1 aliphatic heterocycles. The van der Waals surface area contributed by atoms with Crippen molar-refractivity contribution in [2.75, 3.05) is 34.5 Å². The third-order valence-electron chi connectivity index (χ3n) is 4.65. The highest BCUT2D eigenvalue weighted by Gasteiger charge is 2.19. The van der Waals surface area contributed by atoms with Crippen LogP contribution in [0.5, 0.6) is 28.7 Å². The smallest absolute Gasteiger partial charge is 0.203 e. The van der Waals surface area contributed by atoms with Gasteiger partial charge in [-0.15, -0.1) is 0 Å². The highest BCUT2D eigenvalue weighted by atomic mass is 16.6. The minimum Gasteiger partial charge on any atom is -0.545 e. The Labute approximate surface area is 166 Å². The number of carboxylic acids is 1. The SMILES string of the molecule is COc1cc(-c2cc(C(=O)[O-])c3cc4c(cc3n2)OCCO4)cc(OC)c1OC. The normalized spacial score (nSPS) is 12.5. The minimum absolute atomic E-state index is 0.00396. The molecule has 29 heavy (non-hydrogen) atoms. The van der Waals surface area contributed by atoms with Gasteiger partial charge in [-0.3, -0.25) is 0 Å². The standard InChI is InChI=1S/C21H19NO7/c1-25-18-6-11(7-19(26-2)20(18)27-3)14-8-13(21(23)24)12-9-16-17(10-15(12)22-14)29-5-4-28-16/h6-10H,4-5H2,1-3H3,(H,23,24)/p-1. The van der Waals surface area contributed by atoms with Gasteiger partial charge in [0.25, 0.3) is 0 Å². The molecule has 1 aliphatic rings. The molecule has 2 aromatic carbocycles. The quantitative estimate of drug-likeness (QED) is 0.646. The zero-order valence-electron chi connectivity index (χ0n) is 16.1. The van der Waals surface area contributed by atoms with Gasteiger partial charge < -0.3 is 33.6 Å². The maximum atomic E-state index is 11.8. The van der Waals surface area contributed by atoms with E-state index < -0.39 is 5.97 Å². The van der Waals surface area contributed by atoms with Gasteiger partial charge in [0.15, 0.2) is 23.0 Å². The van der Waals surface area contributed by atoms with Crippen molar-refractivity contribution < 1.29 is 33.6 Å². The predicted octanol–water partition coefficient (Wildman–Crippen LogP) is 2.06. The lowest BCUT2D eigenvalue weighted by Crippen LogP contribution is -2.23. The van der Waals surface area contributed by atoms with Crippen LogP contribution in [-0.4, -0.2) is 45.5 Å². The molecule has 8 nitrogen and oxygen atoms in total. The first-order valence-corrected chi connectivity index (χ1v) is 8.81. The second kappa shape index (κ2) is 7.38. The maximum Gasteiger partial charge on any atom is 0.203 e. The number of carboxylic acid groups (broad SMARTS) is 1. The molecule has 0 saturated carbocycles. The number of methoxy groups -OCH3 is 3. The second-order valence-electron chi connectivity index (χ2n) is 6.27. The molecule has 2 heterocycles. The lowest BCUT2D eigenvalue weighted by Gasteiger charge is -2.20. The number of hydrogen-bond acceptors (Lipinski definition) is 8. The van der Waals surface area contributed by atoms with E-state index in [4.69, 9.17) is 23.7 Å². The molecule has 8 heteroatoms. The van der Waals surface area contributed by atoms with Crippen LogP contribution in [0.25, 0.3) is 22.2 Å². The minimum atomic E-state index is -1.32. The largest absolute Gasteiger partial charge is 0.545 e. The topological polar surface area (TPSA) is 99.2 Å². The Morgan fingerprint density at radius 2 is 1.55 bits per heavy atom. The highest BCUT2D eigenvalue weighted by molar-refractivity contribution is 6.04. The van der Waals surface area contributed by atoms with E-state index in [0.717, 1.165) is 0 Å². The number of nitrogens with zero attached hydrogens (tertiary/aromatic N) is 1. The number of aromatic carboxylic acids is 1. The van der Waals surface area contributed by atoms with Crippen LogP contribution in [0.1, 0.15) is 10.4 Å². The van der Waals surface area contributed by atoms with Crippen LogP contribution in [0, 0.1) is 0 Å². The third-order valence-corrected chi connectivity index (χ3v) is 4.65. The van der Waals surface area contributed by atoms with E-state index in [1.165, 1.54) is 27.4 Å². The van der Waals surface area contributed by atoms with Crippen molar-refractivity contribution in [1.29, 1.82) is 0 Å². The van der Waals surface area contributed by atoms with Gasteiger partial charge in [0.1, 0.15) is 13.2 Å². The lowest BCUT2D eigenvalue weighted by molar-refractivity contribution is -0.254. The molecule has 0 aliphatic carbocycles. The van der Waals surface area contributed by atoms with Crippen molar-refractivity contribution in [3.05, 3.63) is 35.9 Å². The Bertz CT molecular complexity index is 1080. The van der Waals surface area contributed by atoms with Crippen molar-refractivity contribution in [2.24, 2.45) is 0 Å². The molecular weight excluding hydrogens is 378 g/mol. The number of rotatable bonds is 5. The van der Waals surface area contributed by atoms with Gasteiger partial charge in [0.2, 0.25) is 5.75 Å². The molecule has 0 unspecified atom stereocenters. The number of pyridine rings is 1. The summed E-state index contributed by atoms with van der Waals surface area (Å²) in [6.07, 6.45) is 0. The summed E-state index contributed by atoms with van der Waals surface area (Å²) < 4.78 is 27.3. The predicted molar refractivity (Wildman–Crippen MR) is 102 cm³/mol. The number of ether oxygens (including phenoxy) is 5. The van der Waals surface area contributed by atoms with Crippen LogP contribution >= 0.6 is 0 Å². The van der Waals surface area contributed by atoms with Crippen LogP contribution in [0.2, 0.25) is 0 Å². The molecule has 0 spiro atoms. The molecule has 0 atom stereocenters. The average molecular weight is 396 g/mol. The van der Waals surface area contributed by atoms with E-state index >= 15 is 0 Å². The molecule has 3 aromatic rings. The van der Waals surface area contributed by atoms with E-state index in [1.54, 1.807) is 24.3 Å². The molecule has 0 bridgehead atoms. The van der Waals surface area contributed by atoms with Gasteiger partial charge >= 0.3 is 0 Å². The Kier molecular flexibility index (Phi) is 4.75. The molecule has 0 N–H and O–H groups in total. The zero-order valence-corrected chi connectivity index (χ0v) is 16.1. The number of hydrogen-bond donors (Lipinski definition) is 0. The van der Waals surface area contributed by atoms with Gasteiger partial charge in [-0.1, -0.05) is 0 Å². The van der Waals surface area contributed by atoms with E-state index in [9.17, 15) is 9.90 Å². The summed E-state index contributed by atoms with van der Waals surface area (Å²) in [6.45, 7) is 0.814. The monoisotopic (exact) mass is 396 g/mol. The summed E-state index contributed by atoms with van der Waals surface area (Å²) in [5, 5.41) is 12.2. The van der Waals surface area contributed by atoms with Gasteiger partial charge in [-0.05, 0) is 24.3 Å². The number of fused-ring (bicyclic) bond motifs is 2. The number of benzene rings is 2. The molecule has 4 rings (SSSR count). The van der Waals surface area contributed by atoms with Crippen molar-refractivity contribution in [3.63, 3.8) is 0 Å². The molecule has 0 fully saturated rings. The first-order valence-electron chi connectivity index (χ1n) is 8.81. The van der Waals surface area contributed by atoms with Crippen molar-refractivity contribution >= 4 is 16.9 Å². The fraction of sp³-hybridized carbons (Fsp3) is 0.238. The molecule has 0 amide bonds. The molecule has 1 aromatic heterocycles. The lowest BCUT2D eigenvalue weighted by atomic mass is 10.0. The van der Waals surface area contributed by atoms with Crippen molar-refractivity contribution in [1.82, 2.24) is 4.98 Å². The summed E-state index contributed by atoms with van der Waals surface area (Å²) in [7, 11) is 4.52. The van der Waals surface area contributed by atoms with Crippen LogP contribution in [-0.2, 0) is 0 Å². The average Bonchev–Trinajstić information content (AvgIpc) is 2.75. The Balaban J connectivity index is 1.96. The Morgan fingerprint density at radius 1 is 0.931 bits per heavy atom. The Hall–Kier alpha value is -3.68. The van der Waals surface area contributed by atoms with Crippen LogP contribution in [0.15, 0.2) is 30.3 Å². The van der Waals surface area contributed by atoms with Crippen LogP contribution in [0.3, 0.4) is 0 Å². The number of aromatic nitrogens is 1. The maximum absolute atomic E-state index is 11.8. The molecular formula is C21H18NO7-. The molecule has 0 saturated heterocycles. The first kappa shape index (κ1) is 18.7. The van der Waals surface area contributed by atoms with E-state index in [0.29, 0.717) is 64.1 Å². The fourth-order valence-corrected chi connectivity index (χ4v) is 3.31. The van der Waals surface area contributed by atoms with Crippen LogP contribution in [0.4, 0.5) is 0 Å². The molecule has 0 radical (unpaired) electrons. The Morgan fingerprint density at radius 3 is 2.10 bits per heavy atom. The van der Waals surface area contributed by atoms with E-state index in [-0.39, 0.29) is 5.56 Å².